The van der Waals surface area contributed by atoms with Crippen molar-refractivity contribution in [2.75, 3.05) is 65.1 Å². The van der Waals surface area contributed by atoms with E-state index in [4.69, 9.17) is 98.5 Å². The number of aromatic amines is 2. The molecule has 0 bridgehead atoms. The highest BCUT2D eigenvalue weighted by molar-refractivity contribution is 7.93. The van der Waals surface area contributed by atoms with E-state index in [1.54, 1.807) is 65.8 Å². The number of pyridine rings is 2. The van der Waals surface area contributed by atoms with Gasteiger partial charge in [-0.25, -0.2) is 59.2 Å². The lowest BCUT2D eigenvalue weighted by Crippen LogP contribution is -2.40. The molecule has 0 unspecified atom stereocenters. The number of rotatable bonds is 39. The summed E-state index contributed by atoms with van der Waals surface area (Å²) in [5, 5.41) is 30.5. The zero-order valence-electron chi connectivity index (χ0n) is 75.4. The van der Waals surface area contributed by atoms with Crippen molar-refractivity contribution in [3.05, 3.63) is 209 Å². The third kappa shape index (κ3) is 36.8. The molecule has 5 aliphatic rings. The summed E-state index contributed by atoms with van der Waals surface area (Å²) in [6.07, 6.45) is 12.7. The Kier molecular flexibility index (Phi) is 39.8. The molecule has 13 rings (SSSR count). The SMILES string of the molecule is CC(C)(C)OC(=O)N(c1ccc(C(=O)O)cc1OCC1CC1)S(C)(=O)=O.CC(C)(C)OC(=O)N(c1ccc(CO)cc1OCC1CC1)S(C)(=O)=O.CS(=O)(=O)Nc1ccc(COC(=O)O[C@@H](Cc2c(Cl)c[nH+]cc2Cl)c2ccc(OC(F)F)c(OCC3CC3)c2)cc1OCC1CC1.O=C(Oc1ccc([N+](=O)[O-])cc1)O[C@@H](Cc1c(Cl)c[nH+]cc1Cl)c1ccc(OC(F)F)c(OCC2CC2)c1.[OH-].[OH-]. The number of benzene rings is 6. The number of carboxylic acids is 1. The van der Waals surface area contributed by atoms with Gasteiger partial charge in [0.1, 0.15) is 84.5 Å². The Hall–Kier alpha value is -11.4. The van der Waals surface area contributed by atoms with Crippen molar-refractivity contribution in [2.24, 2.45) is 29.6 Å². The fraction of sp³-hybridized carbons (Fsp3) is 0.433. The molecule has 2 heterocycles. The largest absolute Gasteiger partial charge is 0.870 e. The Balaban J connectivity index is 0.000000230. The normalized spacial score (nSPS) is 14.4. The number of aromatic nitrogens is 2. The Morgan fingerprint density at radius 2 is 0.869 bits per heavy atom. The van der Waals surface area contributed by atoms with Crippen LogP contribution >= 0.6 is 46.4 Å². The van der Waals surface area contributed by atoms with Crippen molar-refractivity contribution in [1.29, 1.82) is 0 Å². The van der Waals surface area contributed by atoms with Crippen LogP contribution in [0, 0.1) is 39.7 Å². The van der Waals surface area contributed by atoms with Crippen LogP contribution < -0.4 is 61.2 Å². The van der Waals surface area contributed by atoms with E-state index in [0.717, 1.165) is 83.0 Å². The highest BCUT2D eigenvalue weighted by Crippen LogP contribution is 2.44. The Morgan fingerprint density at radius 3 is 1.23 bits per heavy atom. The summed E-state index contributed by atoms with van der Waals surface area (Å²) in [6.45, 7) is 5.09. The number of nitrogens with zero attached hydrogens (tertiary/aromatic N) is 3. The molecule has 7 N–H and O–H groups in total. The predicted molar refractivity (Wildman–Crippen MR) is 489 cm³/mol. The summed E-state index contributed by atoms with van der Waals surface area (Å²) in [4.78, 5) is 77.8. The van der Waals surface area contributed by atoms with E-state index < -0.39 is 102 Å². The molecule has 5 saturated carbocycles. The van der Waals surface area contributed by atoms with Crippen LogP contribution in [0.4, 0.5) is 59.5 Å². The van der Waals surface area contributed by atoms with Gasteiger partial charge in [-0.15, -0.1) is 0 Å². The summed E-state index contributed by atoms with van der Waals surface area (Å²) in [6, 6.07) is 26.2. The monoisotopic (exact) mass is 2060 g/mol. The van der Waals surface area contributed by atoms with Gasteiger partial charge in [0.05, 0.1) is 74.6 Å². The van der Waals surface area contributed by atoms with Crippen molar-refractivity contribution in [2.45, 2.75) is 168 Å². The molecule has 2 amide bonds. The number of alkyl halides is 4. The molecule has 0 radical (unpaired) electrons. The maximum absolute atomic E-state index is 13.1. The number of H-pyrrole nitrogens is 2. The van der Waals surface area contributed by atoms with E-state index in [0.29, 0.717) is 120 Å². The van der Waals surface area contributed by atoms with Crippen LogP contribution in [0.25, 0.3) is 0 Å². The summed E-state index contributed by atoms with van der Waals surface area (Å²) >= 11 is 25.4. The number of nitro groups is 1. The van der Waals surface area contributed by atoms with E-state index >= 15 is 0 Å². The molecule has 36 nitrogen and oxygen atoms in total. The van der Waals surface area contributed by atoms with Crippen molar-refractivity contribution in [3.8, 4) is 46.0 Å². The van der Waals surface area contributed by atoms with Crippen LogP contribution in [0.3, 0.4) is 0 Å². The topological polar surface area (TPSA) is 498 Å². The quantitative estimate of drug-likeness (QED) is 0.00804. The lowest BCUT2D eigenvalue weighted by molar-refractivity contribution is -0.384. The number of nitrogens with one attached hydrogen (secondary N) is 3. The van der Waals surface area contributed by atoms with Crippen molar-refractivity contribution in [1.82, 2.24) is 0 Å². The zero-order chi connectivity index (χ0) is 98.6. The summed E-state index contributed by atoms with van der Waals surface area (Å²) in [7, 11) is -11.5. The lowest BCUT2D eigenvalue weighted by Gasteiger charge is -2.27. The number of amides is 2. The molecule has 748 valence electrons. The van der Waals surface area contributed by atoms with Gasteiger partial charge < -0.3 is 82.7 Å². The number of hydrogen-bond donors (Lipinski definition) is 3. The number of hydrogen-bond acceptors (Lipinski definition) is 29. The zero-order valence-corrected chi connectivity index (χ0v) is 80.9. The summed E-state index contributed by atoms with van der Waals surface area (Å²) < 4.78 is 199. The van der Waals surface area contributed by atoms with Crippen LogP contribution in [0.2, 0.25) is 20.1 Å². The average Bonchev–Trinajstić information content (AvgIpc) is 1.43. The van der Waals surface area contributed by atoms with E-state index in [1.807, 2.05) is 0 Å². The minimum atomic E-state index is -4.04. The number of halogens is 8. The molecule has 0 saturated heterocycles. The molecule has 5 fully saturated rings. The van der Waals surface area contributed by atoms with Crippen LogP contribution in [0.15, 0.2) is 140 Å². The predicted octanol–water partition coefficient (Wildman–Crippen LogP) is 18.8. The summed E-state index contributed by atoms with van der Waals surface area (Å²) in [5.74, 6) is 1.07. The molecule has 137 heavy (non-hydrogen) atoms. The molecule has 5 aliphatic carbocycles. The van der Waals surface area contributed by atoms with Crippen LogP contribution in [0.5, 0.6) is 46.0 Å². The highest BCUT2D eigenvalue weighted by Gasteiger charge is 2.38. The second-order valence-corrected chi connectivity index (χ2v) is 41.2. The third-order valence-corrected chi connectivity index (χ3v) is 23.8. The maximum Gasteiger partial charge on any atom is 0.514 e. The number of aliphatic hydroxyl groups is 1. The van der Waals surface area contributed by atoms with Crippen molar-refractivity contribution in [3.63, 3.8) is 0 Å². The summed E-state index contributed by atoms with van der Waals surface area (Å²) in [5.41, 5.74) is 1.04. The minimum Gasteiger partial charge on any atom is -0.870 e. The van der Waals surface area contributed by atoms with Crippen LogP contribution in [0.1, 0.15) is 162 Å². The van der Waals surface area contributed by atoms with E-state index in [1.165, 1.54) is 116 Å². The highest BCUT2D eigenvalue weighted by atomic mass is 35.5. The number of non-ortho nitro benzene ring substituents is 1. The van der Waals surface area contributed by atoms with Gasteiger partial charge in [-0.3, -0.25) is 14.8 Å². The molecular formula is C90H104Cl4F4N6O30S3. The first-order chi connectivity index (χ1) is 63.5. The van der Waals surface area contributed by atoms with Gasteiger partial charge in [-0.1, -0.05) is 70.7 Å². The third-order valence-electron chi connectivity index (χ3n) is 19.8. The van der Waals surface area contributed by atoms with Gasteiger partial charge in [0, 0.05) is 36.1 Å². The minimum absolute atomic E-state index is 0. The first-order valence-corrected chi connectivity index (χ1v) is 49.3. The Morgan fingerprint density at radius 1 is 0.496 bits per heavy atom. The number of aromatic carboxylic acids is 1. The maximum atomic E-state index is 13.1. The van der Waals surface area contributed by atoms with Gasteiger partial charge in [-0.2, -0.15) is 26.2 Å². The molecule has 2 aromatic heterocycles. The van der Waals surface area contributed by atoms with Crippen molar-refractivity contribution < 1.29 is 164 Å². The molecule has 8 aromatic rings. The molecule has 0 aliphatic heterocycles. The first-order valence-electron chi connectivity index (χ1n) is 42.2. The fourth-order valence-electron chi connectivity index (χ4n) is 12.2. The number of anilines is 3. The molecule has 6 aromatic carbocycles. The van der Waals surface area contributed by atoms with Gasteiger partial charge in [0.25, 0.3) is 5.69 Å². The number of aliphatic hydroxyl groups excluding tert-OH is 1. The smallest absolute Gasteiger partial charge is 0.514 e. The van der Waals surface area contributed by atoms with Crippen molar-refractivity contribution >= 4 is 130 Å². The van der Waals surface area contributed by atoms with E-state index in [9.17, 15) is 87.1 Å². The van der Waals surface area contributed by atoms with Crippen LogP contribution in [-0.4, -0.2) is 158 Å². The number of carbonyl (C=O) groups excluding carboxylic acids is 4. The van der Waals surface area contributed by atoms with Gasteiger partial charge in [-0.05, 0) is 236 Å². The number of nitro benzene ring substituents is 1. The van der Waals surface area contributed by atoms with E-state index in [2.05, 4.69) is 24.2 Å². The molecule has 0 spiro atoms. The van der Waals surface area contributed by atoms with Gasteiger partial charge in [0.15, 0.2) is 47.8 Å². The second-order valence-electron chi connectivity index (χ2n) is 34.1. The lowest BCUT2D eigenvalue weighted by atomic mass is 10.0. The Labute approximate surface area is 807 Å². The number of carboxylic acid groups (broad SMARTS) is 1. The molecular weight excluding hydrogens is 1960 g/mol. The second kappa shape index (κ2) is 49.2. The molecule has 47 heteroatoms. The van der Waals surface area contributed by atoms with Gasteiger partial charge in [0.2, 0.25) is 30.1 Å². The standard InChI is InChI=1S/C31H32Cl2F2N2O8S.C25H20Cl2F2N2O7.C17H23NO7S.C17H25NO6S.2H2O/c1-46(39,40)37-25-8-6-20(10-28(25)41-15-18-2-3-18)17-43-31(38)45-27(12-22-23(32)13-36-14-24(22)33)21-7-9-26(44-30(34)35)29(11-21)42-16-19-4-5-19;26-19-11-30-12-20(27)18(19)10-22(38-25(32)36-17-6-4-16(5-7-17)31(33)34)15-3-8-21(37-24(28)29)23(9-15)35-13-14-1-2-14;1-17(2,3)25-16(21)18(26(4,22)23)13-8-7-12(15(19)20)9-14(13)24-10-11-5-6-11;1-17(2,3)24-16(20)18(25(4,21)22)14-8-7-13(10-19)9-15(14)23-11-12-5-6-12;;/h6-11,13-14,18-19,27,30,37H,2-5,12,15-17H2,1H3;3-9,11-12,14,22,24H,1-2,10,13H2;7-9,11H,5-6,10H2,1-4H3,(H,19,20);7-9,12,19H,5-6,10-11H2,1-4H3;2*1H2/t27-;22-;;;;/m00..../s1. The number of carbonyl (C=O) groups is 5. The fourth-order valence-corrected chi connectivity index (χ4v) is 15.5. The number of sulfonamides is 3. The molecule has 2 atom stereocenters. The van der Waals surface area contributed by atoms with Gasteiger partial charge >= 0.3 is 43.7 Å². The van der Waals surface area contributed by atoms with E-state index in [-0.39, 0.29) is 116 Å². The first kappa shape index (κ1) is 111. The Bertz CT molecular complexity index is 5860. The van der Waals surface area contributed by atoms with Crippen LogP contribution in [-0.2, 0) is 79.8 Å². The number of ether oxygens (including phenoxy) is 13. The average molecular weight is 2060 g/mol.